The maximum atomic E-state index is 15.2. The number of benzene rings is 2. The Morgan fingerprint density at radius 2 is 1.91 bits per heavy atom. The molecular weight excluding hydrogens is 451 g/mol. The van der Waals surface area contributed by atoms with Gasteiger partial charge < -0.3 is 14.4 Å². The molecule has 1 fully saturated rings. The molecule has 0 spiro atoms. The number of nitroso groups, excluding NO2 is 1. The summed E-state index contributed by atoms with van der Waals surface area (Å²) in [5.41, 5.74) is 3.85. The molecule has 5 rings (SSSR count). The van der Waals surface area contributed by atoms with Gasteiger partial charge in [-0.3, -0.25) is 0 Å². The van der Waals surface area contributed by atoms with Gasteiger partial charge in [0.15, 0.2) is 6.04 Å². The van der Waals surface area contributed by atoms with Gasteiger partial charge in [-0.25, -0.2) is 14.4 Å². The molecule has 0 N–H and O–H groups in total. The summed E-state index contributed by atoms with van der Waals surface area (Å²) in [4.78, 5) is 22.9. The van der Waals surface area contributed by atoms with E-state index in [-0.39, 0.29) is 5.56 Å². The number of aromatic nitrogens is 4. The average Bonchev–Trinajstić information content (AvgIpc) is 2.90. The predicted molar refractivity (Wildman–Crippen MR) is 129 cm³/mol. The molecule has 9 nitrogen and oxygen atoms in total. The number of rotatable bonds is 6. The summed E-state index contributed by atoms with van der Waals surface area (Å²) < 4.78 is 25.7. The molecule has 2 aromatic carbocycles. The van der Waals surface area contributed by atoms with Gasteiger partial charge >= 0.3 is 0 Å². The molecular formula is C25H23FN6O3. The van der Waals surface area contributed by atoms with Crippen LogP contribution in [0.25, 0.3) is 22.2 Å². The van der Waals surface area contributed by atoms with Crippen molar-refractivity contribution in [3.05, 3.63) is 76.3 Å². The zero-order chi connectivity index (χ0) is 24.4. The molecule has 0 saturated carbocycles. The van der Waals surface area contributed by atoms with Crippen LogP contribution < -0.4 is 9.64 Å². The number of nitrogens with zero attached hydrogens (tertiary/aromatic N) is 6. The lowest BCUT2D eigenvalue weighted by molar-refractivity contribution is 0.122. The van der Waals surface area contributed by atoms with E-state index in [0.29, 0.717) is 52.5 Å². The van der Waals surface area contributed by atoms with Crippen LogP contribution >= 0.6 is 0 Å². The highest BCUT2D eigenvalue weighted by molar-refractivity contribution is 5.94. The van der Waals surface area contributed by atoms with Crippen LogP contribution in [0.4, 0.5) is 10.1 Å². The molecule has 4 aromatic rings. The molecule has 1 saturated heterocycles. The minimum Gasteiger partial charge on any atom is -0.480 e. The van der Waals surface area contributed by atoms with Crippen LogP contribution in [0.2, 0.25) is 0 Å². The summed E-state index contributed by atoms with van der Waals surface area (Å²) in [5, 5.41) is 12.0. The molecule has 0 radical (unpaired) electrons. The highest BCUT2D eigenvalue weighted by Crippen LogP contribution is 2.35. The summed E-state index contributed by atoms with van der Waals surface area (Å²) in [6.45, 7) is 4.68. The Kier molecular flexibility index (Phi) is 6.28. The van der Waals surface area contributed by atoms with Crippen molar-refractivity contribution >= 4 is 16.6 Å². The normalized spacial score (nSPS) is 14.7. The SMILES string of the molecule is COc1ccc(C(N=O)c2cc(-c3ncnc4cc(N5CCOCC5)ccc34)c(F)cc2C)nn1. The third-order valence-corrected chi connectivity index (χ3v) is 6.16. The van der Waals surface area contributed by atoms with E-state index in [1.807, 2.05) is 18.2 Å². The fraction of sp³-hybridized carbons (Fsp3) is 0.280. The Bertz CT molecular complexity index is 1380. The third-order valence-electron chi connectivity index (χ3n) is 6.16. The van der Waals surface area contributed by atoms with Gasteiger partial charge in [-0.15, -0.1) is 15.1 Å². The molecule has 1 atom stereocenters. The average molecular weight is 474 g/mol. The van der Waals surface area contributed by atoms with Gasteiger partial charge in [0.05, 0.1) is 37.2 Å². The van der Waals surface area contributed by atoms with Crippen LogP contribution in [0.1, 0.15) is 22.9 Å². The van der Waals surface area contributed by atoms with Crippen molar-refractivity contribution < 1.29 is 13.9 Å². The monoisotopic (exact) mass is 474 g/mol. The van der Waals surface area contributed by atoms with E-state index in [0.717, 1.165) is 18.8 Å². The van der Waals surface area contributed by atoms with Crippen LogP contribution in [0.15, 0.2) is 54.0 Å². The van der Waals surface area contributed by atoms with Gasteiger partial charge in [0.25, 0.3) is 0 Å². The first-order valence-electron chi connectivity index (χ1n) is 11.2. The molecule has 0 aliphatic carbocycles. The molecule has 1 unspecified atom stereocenters. The summed E-state index contributed by atoms with van der Waals surface area (Å²) in [6.07, 6.45) is 1.42. The fourth-order valence-electron chi connectivity index (χ4n) is 4.30. The number of halogens is 1. The van der Waals surface area contributed by atoms with Gasteiger partial charge in [0, 0.05) is 35.8 Å². The van der Waals surface area contributed by atoms with E-state index in [9.17, 15) is 4.91 Å². The Labute approximate surface area is 200 Å². The molecule has 178 valence electrons. The van der Waals surface area contributed by atoms with E-state index >= 15 is 4.39 Å². The van der Waals surface area contributed by atoms with E-state index in [2.05, 4.69) is 30.2 Å². The highest BCUT2D eigenvalue weighted by Gasteiger charge is 2.23. The van der Waals surface area contributed by atoms with Crippen molar-refractivity contribution in [2.75, 3.05) is 38.3 Å². The third kappa shape index (κ3) is 4.40. The van der Waals surface area contributed by atoms with Crippen molar-refractivity contribution in [2.24, 2.45) is 5.18 Å². The van der Waals surface area contributed by atoms with Crippen molar-refractivity contribution in [1.82, 2.24) is 20.2 Å². The van der Waals surface area contributed by atoms with Crippen LogP contribution in [-0.2, 0) is 4.74 Å². The summed E-state index contributed by atoms with van der Waals surface area (Å²) in [6, 6.07) is 11.1. The Morgan fingerprint density at radius 3 is 2.63 bits per heavy atom. The Morgan fingerprint density at radius 1 is 1.09 bits per heavy atom. The van der Waals surface area contributed by atoms with Crippen LogP contribution in [-0.4, -0.2) is 53.6 Å². The Hall–Kier alpha value is -4.05. The van der Waals surface area contributed by atoms with E-state index in [1.165, 1.54) is 19.5 Å². The lowest BCUT2D eigenvalue weighted by Gasteiger charge is -2.29. The summed E-state index contributed by atoms with van der Waals surface area (Å²) in [5.74, 6) is -0.132. The number of methoxy groups -OCH3 is 1. The molecule has 2 aromatic heterocycles. The van der Waals surface area contributed by atoms with Crippen molar-refractivity contribution in [1.29, 1.82) is 0 Å². The predicted octanol–water partition coefficient (Wildman–Crippen LogP) is 4.24. The number of morpholine rings is 1. The Balaban J connectivity index is 1.58. The lowest BCUT2D eigenvalue weighted by Crippen LogP contribution is -2.36. The van der Waals surface area contributed by atoms with Gasteiger partial charge in [0.2, 0.25) is 5.88 Å². The standard InChI is InChI=1S/C25H23FN6O3/c1-15-11-20(26)19(13-18(15)25(31-33)21-5-6-23(34-2)30-29-21)24-17-4-3-16(12-22(17)27-14-28-24)32-7-9-35-10-8-32/h3-6,11-14,25H,7-10H2,1-2H3. The molecule has 3 heterocycles. The minimum absolute atomic E-state index is 0.257. The van der Waals surface area contributed by atoms with Crippen molar-refractivity contribution in [3.8, 4) is 17.1 Å². The van der Waals surface area contributed by atoms with Crippen molar-refractivity contribution in [3.63, 3.8) is 0 Å². The molecule has 1 aliphatic heterocycles. The number of fused-ring (bicyclic) bond motifs is 1. The number of anilines is 1. The highest BCUT2D eigenvalue weighted by atomic mass is 19.1. The van der Waals surface area contributed by atoms with E-state index in [4.69, 9.17) is 9.47 Å². The fourth-order valence-corrected chi connectivity index (χ4v) is 4.30. The quantitative estimate of drug-likeness (QED) is 0.383. The van der Waals surface area contributed by atoms with E-state index < -0.39 is 11.9 Å². The number of aryl methyl sites for hydroxylation is 1. The van der Waals surface area contributed by atoms with Gasteiger partial charge in [-0.1, -0.05) is 5.18 Å². The van der Waals surface area contributed by atoms with E-state index in [1.54, 1.807) is 25.1 Å². The summed E-state index contributed by atoms with van der Waals surface area (Å²) in [7, 11) is 1.48. The molecule has 35 heavy (non-hydrogen) atoms. The second kappa shape index (κ2) is 9.67. The van der Waals surface area contributed by atoms with Crippen LogP contribution in [0.5, 0.6) is 5.88 Å². The van der Waals surface area contributed by atoms with Crippen LogP contribution in [0, 0.1) is 17.6 Å². The number of ether oxygens (including phenoxy) is 2. The smallest absolute Gasteiger partial charge is 0.233 e. The lowest BCUT2D eigenvalue weighted by atomic mass is 9.94. The zero-order valence-corrected chi connectivity index (χ0v) is 19.3. The molecule has 10 heteroatoms. The second-order valence-corrected chi connectivity index (χ2v) is 8.22. The maximum absolute atomic E-state index is 15.2. The maximum Gasteiger partial charge on any atom is 0.233 e. The second-order valence-electron chi connectivity index (χ2n) is 8.22. The van der Waals surface area contributed by atoms with Gasteiger partial charge in [-0.05, 0) is 54.4 Å². The largest absolute Gasteiger partial charge is 0.480 e. The van der Waals surface area contributed by atoms with Crippen LogP contribution in [0.3, 0.4) is 0 Å². The molecule has 0 amide bonds. The van der Waals surface area contributed by atoms with Gasteiger partial charge in [0.1, 0.15) is 12.1 Å². The number of hydrogen-bond donors (Lipinski definition) is 0. The van der Waals surface area contributed by atoms with Crippen molar-refractivity contribution in [2.45, 2.75) is 13.0 Å². The topological polar surface area (TPSA) is 103 Å². The first-order chi connectivity index (χ1) is 17.1. The molecule has 1 aliphatic rings. The minimum atomic E-state index is -0.964. The molecule has 0 bridgehead atoms. The van der Waals surface area contributed by atoms with Gasteiger partial charge in [-0.2, -0.15) is 0 Å². The summed E-state index contributed by atoms with van der Waals surface area (Å²) >= 11 is 0. The first-order valence-corrected chi connectivity index (χ1v) is 11.2. The number of hydrogen-bond acceptors (Lipinski definition) is 9. The zero-order valence-electron chi connectivity index (χ0n) is 19.3. The first kappa shape index (κ1) is 22.7.